The van der Waals surface area contributed by atoms with Crippen LogP contribution in [0.1, 0.15) is 303 Å². The van der Waals surface area contributed by atoms with E-state index < -0.39 is 57.8 Å². The second-order valence-corrected chi connectivity index (χ2v) is 23.0. The van der Waals surface area contributed by atoms with Gasteiger partial charge < -0.3 is 24.2 Å². The molecule has 0 heterocycles. The molecule has 12 heteroatoms. The molecule has 0 amide bonds. The van der Waals surface area contributed by atoms with E-state index in [9.17, 15) is 28.9 Å². The number of aliphatic hydroxyl groups excluding tert-OH is 1. The third-order valence-corrected chi connectivity index (χ3v) is 14.8. The number of carbonyl (C=O) groups excluding carboxylic acids is 3. The number of aliphatic hydroxyl groups is 1. The minimum absolute atomic E-state index is 0.158. The predicted octanol–water partition coefficient (Wildman–Crippen LogP) is 19.5. The SMILES string of the molecule is CCCCC/C=C\C/C=C\CCCCCCCCCC(=O)OC(CO)COP(=O)(O)OCC(COC(=O)CCCCCCCCC/C=C\CCCCCCCC)OC(=O)CCCCCCCCC/C=C\C/C=C\CCCCC. The van der Waals surface area contributed by atoms with Crippen molar-refractivity contribution in [2.45, 2.75) is 315 Å². The number of esters is 3. The zero-order valence-corrected chi connectivity index (χ0v) is 51.3. The van der Waals surface area contributed by atoms with Gasteiger partial charge in [-0.2, -0.15) is 0 Å². The summed E-state index contributed by atoms with van der Waals surface area (Å²) < 4.78 is 39.7. The van der Waals surface area contributed by atoms with Crippen LogP contribution in [0.4, 0.5) is 0 Å². The molecule has 0 spiro atoms. The second-order valence-electron chi connectivity index (χ2n) is 21.6. The third kappa shape index (κ3) is 57.9. The van der Waals surface area contributed by atoms with E-state index in [1.807, 2.05) is 0 Å². The van der Waals surface area contributed by atoms with E-state index >= 15 is 0 Å². The molecule has 11 nitrogen and oxygen atoms in total. The van der Waals surface area contributed by atoms with E-state index in [4.69, 9.17) is 23.3 Å². The highest BCUT2D eigenvalue weighted by atomic mass is 31.2. The summed E-state index contributed by atoms with van der Waals surface area (Å²) in [6.07, 6.45) is 67.3. The predicted molar refractivity (Wildman–Crippen MR) is 325 cm³/mol. The molecule has 2 N–H and O–H groups in total. The Morgan fingerprint density at radius 1 is 0.359 bits per heavy atom. The summed E-state index contributed by atoms with van der Waals surface area (Å²) in [6.45, 7) is 4.62. The first-order valence-corrected chi connectivity index (χ1v) is 33.7. The first-order valence-electron chi connectivity index (χ1n) is 32.2. The molecule has 0 saturated heterocycles. The van der Waals surface area contributed by atoms with Crippen LogP contribution < -0.4 is 0 Å². The van der Waals surface area contributed by atoms with Gasteiger partial charge in [-0.25, -0.2) is 4.57 Å². The summed E-state index contributed by atoms with van der Waals surface area (Å²) in [4.78, 5) is 48.7. The molecule has 0 aromatic carbocycles. The molecule has 0 rings (SSSR count). The van der Waals surface area contributed by atoms with Crippen LogP contribution in [0.2, 0.25) is 0 Å². The number of hydrogen-bond donors (Lipinski definition) is 2. The number of hydrogen-bond acceptors (Lipinski definition) is 10. The van der Waals surface area contributed by atoms with Crippen molar-refractivity contribution in [1.29, 1.82) is 0 Å². The zero-order valence-electron chi connectivity index (χ0n) is 50.4. The average Bonchev–Trinajstić information content (AvgIpc) is 3.43. The fourth-order valence-corrected chi connectivity index (χ4v) is 9.73. The van der Waals surface area contributed by atoms with Gasteiger partial charge in [-0.05, 0) is 109 Å². The quantitative estimate of drug-likeness (QED) is 0.0197. The van der Waals surface area contributed by atoms with Crippen molar-refractivity contribution in [3.63, 3.8) is 0 Å². The molecule has 0 aliphatic carbocycles. The van der Waals surface area contributed by atoms with Gasteiger partial charge in [0, 0.05) is 19.3 Å². The van der Waals surface area contributed by atoms with Crippen LogP contribution in [0.5, 0.6) is 0 Å². The van der Waals surface area contributed by atoms with E-state index in [1.54, 1.807) is 0 Å². The van der Waals surface area contributed by atoms with Gasteiger partial charge in [0.15, 0.2) is 6.10 Å². The molecule has 3 atom stereocenters. The van der Waals surface area contributed by atoms with Crippen molar-refractivity contribution in [1.82, 2.24) is 0 Å². The molecule has 454 valence electrons. The van der Waals surface area contributed by atoms with Crippen molar-refractivity contribution < 1.29 is 52.2 Å². The maximum Gasteiger partial charge on any atom is 0.472 e. The third-order valence-electron chi connectivity index (χ3n) is 13.9. The summed E-state index contributed by atoms with van der Waals surface area (Å²) >= 11 is 0. The van der Waals surface area contributed by atoms with Crippen LogP contribution in [0.15, 0.2) is 60.8 Å². The van der Waals surface area contributed by atoms with Crippen molar-refractivity contribution in [3.05, 3.63) is 60.8 Å². The minimum atomic E-state index is -4.76. The van der Waals surface area contributed by atoms with Crippen molar-refractivity contribution in [2.24, 2.45) is 0 Å². The lowest BCUT2D eigenvalue weighted by atomic mass is 10.1. The van der Waals surface area contributed by atoms with Crippen LogP contribution in [0, 0.1) is 0 Å². The molecule has 0 aromatic heterocycles. The Balaban J connectivity index is 4.70. The lowest BCUT2D eigenvalue weighted by molar-refractivity contribution is -0.161. The molecule has 3 unspecified atom stereocenters. The van der Waals surface area contributed by atoms with Gasteiger partial charge in [0.1, 0.15) is 12.7 Å². The maximum atomic E-state index is 13.0. The first-order chi connectivity index (χ1) is 38.2. The monoisotopic (exact) mass is 1120 g/mol. The molecule has 0 bridgehead atoms. The van der Waals surface area contributed by atoms with Crippen LogP contribution in [0.25, 0.3) is 0 Å². The van der Waals surface area contributed by atoms with E-state index in [2.05, 4.69) is 81.5 Å². The normalized spacial score (nSPS) is 13.7. The zero-order chi connectivity index (χ0) is 56.9. The van der Waals surface area contributed by atoms with Gasteiger partial charge in [-0.15, -0.1) is 0 Å². The summed E-state index contributed by atoms with van der Waals surface area (Å²) in [5.74, 6) is -1.47. The average molecular weight is 1120 g/mol. The Morgan fingerprint density at radius 3 is 0.987 bits per heavy atom. The van der Waals surface area contributed by atoms with Crippen molar-refractivity contribution in [2.75, 3.05) is 26.4 Å². The van der Waals surface area contributed by atoms with Crippen molar-refractivity contribution in [3.8, 4) is 0 Å². The van der Waals surface area contributed by atoms with Gasteiger partial charge in [-0.1, -0.05) is 236 Å². The molecular formula is C66H119O11P. The number of allylic oxidation sites excluding steroid dienone is 10. The summed E-state index contributed by atoms with van der Waals surface area (Å²) in [6, 6.07) is 0. The molecule has 78 heavy (non-hydrogen) atoms. The van der Waals surface area contributed by atoms with Crippen LogP contribution in [0.3, 0.4) is 0 Å². The molecule has 0 saturated carbocycles. The van der Waals surface area contributed by atoms with Gasteiger partial charge in [0.25, 0.3) is 0 Å². The molecule has 0 radical (unpaired) electrons. The highest BCUT2D eigenvalue weighted by Gasteiger charge is 2.28. The topological polar surface area (TPSA) is 155 Å². The summed E-state index contributed by atoms with van der Waals surface area (Å²) in [5, 5.41) is 9.85. The lowest BCUT2D eigenvalue weighted by Gasteiger charge is -2.21. The largest absolute Gasteiger partial charge is 0.472 e. The Hall–Kier alpha value is -2.82. The van der Waals surface area contributed by atoms with Crippen LogP contribution in [-0.4, -0.2) is 66.5 Å². The Morgan fingerprint density at radius 2 is 0.628 bits per heavy atom. The lowest BCUT2D eigenvalue weighted by Crippen LogP contribution is -2.30. The molecule has 0 aliphatic heterocycles. The summed E-state index contributed by atoms with van der Waals surface area (Å²) in [5.41, 5.74) is 0. The Labute approximate surface area is 478 Å². The highest BCUT2D eigenvalue weighted by molar-refractivity contribution is 7.47. The second kappa shape index (κ2) is 60.3. The molecule has 0 fully saturated rings. The van der Waals surface area contributed by atoms with E-state index in [-0.39, 0.29) is 25.9 Å². The standard InChI is InChI=1S/C66H119O11P/c1-4-7-10-13-16-19-22-25-28-31-34-37-40-43-46-49-52-55-64(68)73-59-63(77-66(70)57-54-51-48-45-42-39-36-33-30-27-24-21-18-15-12-9-6-3)61-75-78(71,72)74-60-62(58-67)76-65(69)56-53-50-47-44-41-38-35-32-29-26-23-20-17-14-11-8-5-2/h17-18,20-21,25-30,62-63,67H,4-16,19,22-24,31-61H2,1-3H3,(H,71,72)/b20-17-,21-18-,28-25-,29-26-,30-27-. The smallest absolute Gasteiger partial charge is 0.462 e. The molecule has 0 aromatic rings. The van der Waals surface area contributed by atoms with Crippen LogP contribution >= 0.6 is 7.82 Å². The fraction of sp³-hybridized carbons (Fsp3) is 0.803. The Bertz CT molecular complexity index is 1540. The fourth-order valence-electron chi connectivity index (χ4n) is 8.94. The number of phosphoric acid groups is 1. The maximum absolute atomic E-state index is 13.0. The number of ether oxygens (including phenoxy) is 3. The van der Waals surface area contributed by atoms with E-state index in [0.717, 1.165) is 103 Å². The minimum Gasteiger partial charge on any atom is -0.462 e. The molecule has 0 aliphatic rings. The number of phosphoric ester groups is 1. The Kier molecular flexibility index (Phi) is 58.1. The van der Waals surface area contributed by atoms with Gasteiger partial charge in [-0.3, -0.25) is 23.4 Å². The van der Waals surface area contributed by atoms with Gasteiger partial charge in [0.05, 0.1) is 19.8 Å². The highest BCUT2D eigenvalue weighted by Crippen LogP contribution is 2.43. The summed E-state index contributed by atoms with van der Waals surface area (Å²) in [7, 11) is -4.76. The number of unbranched alkanes of at least 4 members (excludes halogenated alkanes) is 33. The number of carbonyl (C=O) groups is 3. The molecular weight excluding hydrogens is 1000 g/mol. The first kappa shape index (κ1) is 75.2. The van der Waals surface area contributed by atoms with Crippen molar-refractivity contribution >= 4 is 25.7 Å². The number of rotatable bonds is 60. The van der Waals surface area contributed by atoms with Crippen LogP contribution in [-0.2, 0) is 42.2 Å². The van der Waals surface area contributed by atoms with Gasteiger partial charge in [0.2, 0.25) is 0 Å². The van der Waals surface area contributed by atoms with E-state index in [0.29, 0.717) is 19.3 Å². The van der Waals surface area contributed by atoms with E-state index in [1.165, 1.54) is 141 Å². The van der Waals surface area contributed by atoms with Gasteiger partial charge >= 0.3 is 25.7 Å².